The van der Waals surface area contributed by atoms with Crippen molar-refractivity contribution in [3.05, 3.63) is 18.2 Å². The van der Waals surface area contributed by atoms with Gasteiger partial charge in [-0.05, 0) is 18.2 Å². The van der Waals surface area contributed by atoms with Gasteiger partial charge in [0.25, 0.3) is 0 Å². The van der Waals surface area contributed by atoms with E-state index in [0.29, 0.717) is 30.2 Å². The Kier molecular flexibility index (Phi) is 3.16. The van der Waals surface area contributed by atoms with Gasteiger partial charge in [-0.2, -0.15) is 0 Å². The molecule has 0 spiro atoms. The van der Waals surface area contributed by atoms with Gasteiger partial charge in [-0.3, -0.25) is 9.52 Å². The smallest absolute Gasteiger partial charge is 0.230 e. The van der Waals surface area contributed by atoms with Crippen LogP contribution in [0.15, 0.2) is 18.2 Å². The summed E-state index contributed by atoms with van der Waals surface area (Å²) in [6.07, 6.45) is 1.38. The Morgan fingerprint density at radius 3 is 2.78 bits per heavy atom. The van der Waals surface area contributed by atoms with Gasteiger partial charge in [-0.15, -0.1) is 0 Å². The van der Waals surface area contributed by atoms with Gasteiger partial charge in [0.15, 0.2) is 0 Å². The van der Waals surface area contributed by atoms with Gasteiger partial charge in [0.05, 0.1) is 30.7 Å². The predicted molar refractivity (Wildman–Crippen MR) is 68.4 cm³/mol. The summed E-state index contributed by atoms with van der Waals surface area (Å²) < 4.78 is 30.1. The molecule has 2 rings (SSSR count). The molecule has 1 aliphatic heterocycles. The quantitative estimate of drug-likeness (QED) is 0.862. The minimum absolute atomic E-state index is 0.0646. The fourth-order valence-electron chi connectivity index (χ4n) is 1.73. The number of nitrogens with zero attached hydrogens (tertiary/aromatic N) is 1. The first kappa shape index (κ1) is 12.7. The van der Waals surface area contributed by atoms with Crippen molar-refractivity contribution in [2.24, 2.45) is 0 Å². The monoisotopic (exact) mass is 270 g/mol. The average molecular weight is 270 g/mol. The molecule has 0 unspecified atom stereocenters. The van der Waals surface area contributed by atoms with Crippen LogP contribution in [0.2, 0.25) is 0 Å². The Morgan fingerprint density at radius 2 is 2.11 bits per heavy atom. The maximum atomic E-state index is 11.7. The summed E-state index contributed by atoms with van der Waals surface area (Å²) in [5.41, 5.74) is 0.965. The Morgan fingerprint density at radius 1 is 1.39 bits per heavy atom. The number of hydrogen-bond donors (Lipinski definition) is 1. The van der Waals surface area contributed by atoms with E-state index in [-0.39, 0.29) is 5.91 Å². The van der Waals surface area contributed by atoms with Gasteiger partial charge in [0.2, 0.25) is 15.9 Å². The Balaban J connectivity index is 2.41. The summed E-state index contributed by atoms with van der Waals surface area (Å²) in [4.78, 5) is 13.1. The summed E-state index contributed by atoms with van der Waals surface area (Å²) in [5.74, 6) is 0.507. The third kappa shape index (κ3) is 2.73. The molecular formula is C11H14N2O4S. The van der Waals surface area contributed by atoms with Crippen LogP contribution in [-0.2, 0) is 14.8 Å². The van der Waals surface area contributed by atoms with Crippen LogP contribution >= 0.6 is 0 Å². The van der Waals surface area contributed by atoms with E-state index in [2.05, 4.69) is 4.72 Å². The lowest BCUT2D eigenvalue weighted by Crippen LogP contribution is -2.25. The first-order valence-corrected chi connectivity index (χ1v) is 7.27. The van der Waals surface area contributed by atoms with Crippen LogP contribution in [-0.4, -0.2) is 34.2 Å². The number of carbonyl (C=O) groups excluding carboxylic acids is 1. The molecule has 1 heterocycles. The summed E-state index contributed by atoms with van der Waals surface area (Å²) >= 11 is 0. The minimum Gasteiger partial charge on any atom is -0.491 e. The van der Waals surface area contributed by atoms with E-state index in [1.807, 2.05) is 0 Å². The van der Waals surface area contributed by atoms with E-state index in [0.717, 1.165) is 6.26 Å². The van der Waals surface area contributed by atoms with Crippen molar-refractivity contribution in [3.8, 4) is 5.75 Å². The molecule has 1 aliphatic rings. The third-order valence-corrected chi connectivity index (χ3v) is 3.18. The number of amides is 1. The molecule has 7 heteroatoms. The maximum Gasteiger partial charge on any atom is 0.230 e. The highest BCUT2D eigenvalue weighted by atomic mass is 32.2. The third-order valence-electron chi connectivity index (χ3n) is 2.57. The van der Waals surface area contributed by atoms with Gasteiger partial charge < -0.3 is 9.64 Å². The van der Waals surface area contributed by atoms with E-state index in [4.69, 9.17) is 4.74 Å². The number of fused-ring (bicyclic) bond motifs is 1. The van der Waals surface area contributed by atoms with Gasteiger partial charge >= 0.3 is 0 Å². The molecule has 1 aromatic carbocycles. The van der Waals surface area contributed by atoms with E-state index in [1.165, 1.54) is 4.90 Å². The van der Waals surface area contributed by atoms with Crippen molar-refractivity contribution in [3.63, 3.8) is 0 Å². The molecule has 0 radical (unpaired) electrons. The molecule has 0 saturated heterocycles. The molecule has 0 aromatic heterocycles. The van der Waals surface area contributed by atoms with Crippen molar-refractivity contribution in [2.75, 3.05) is 29.5 Å². The molecule has 0 aliphatic carbocycles. The number of carbonyl (C=O) groups is 1. The van der Waals surface area contributed by atoms with Crippen molar-refractivity contribution < 1.29 is 17.9 Å². The van der Waals surface area contributed by atoms with Crippen molar-refractivity contribution in [2.45, 2.75) is 6.42 Å². The summed E-state index contributed by atoms with van der Waals surface area (Å²) in [6.45, 7) is 0.328. The number of sulfonamides is 1. The zero-order chi connectivity index (χ0) is 13.3. The van der Waals surface area contributed by atoms with Crippen molar-refractivity contribution in [1.29, 1.82) is 0 Å². The molecule has 1 N–H and O–H groups in total. The van der Waals surface area contributed by atoms with E-state index >= 15 is 0 Å². The maximum absolute atomic E-state index is 11.7. The van der Waals surface area contributed by atoms with Crippen molar-refractivity contribution in [1.82, 2.24) is 0 Å². The van der Waals surface area contributed by atoms with Gasteiger partial charge in [0, 0.05) is 7.05 Å². The van der Waals surface area contributed by atoms with Gasteiger partial charge in [-0.25, -0.2) is 8.42 Å². The Labute approximate surface area is 106 Å². The molecule has 0 saturated carbocycles. The predicted octanol–water partition coefficient (Wildman–Crippen LogP) is 0.803. The lowest BCUT2D eigenvalue weighted by molar-refractivity contribution is -0.118. The van der Waals surface area contributed by atoms with Gasteiger partial charge in [-0.1, -0.05) is 0 Å². The van der Waals surface area contributed by atoms with E-state index in [1.54, 1.807) is 25.2 Å². The molecule has 0 bridgehead atoms. The molecular weight excluding hydrogens is 256 g/mol. The molecule has 6 nitrogen and oxygen atoms in total. The number of ether oxygens (including phenoxy) is 1. The second-order valence-electron chi connectivity index (χ2n) is 4.11. The standard InChI is InChI=1S/C11H14N2O4S/c1-13-9-7-8(12-18(2,15)16)3-4-10(9)17-6-5-11(13)14/h3-4,7,12H,5-6H2,1-2H3. The van der Waals surface area contributed by atoms with Crippen LogP contribution in [0.1, 0.15) is 6.42 Å². The first-order valence-electron chi connectivity index (χ1n) is 5.38. The number of hydrogen-bond acceptors (Lipinski definition) is 4. The lowest BCUT2D eigenvalue weighted by atomic mass is 10.2. The highest BCUT2D eigenvalue weighted by Gasteiger charge is 2.20. The highest BCUT2D eigenvalue weighted by Crippen LogP contribution is 2.33. The number of nitrogens with one attached hydrogen (secondary N) is 1. The normalized spacial score (nSPS) is 15.7. The van der Waals surface area contributed by atoms with Crippen LogP contribution < -0.4 is 14.4 Å². The molecule has 1 aromatic rings. The molecule has 18 heavy (non-hydrogen) atoms. The van der Waals surface area contributed by atoms with Crippen LogP contribution in [0.4, 0.5) is 11.4 Å². The fraction of sp³-hybridized carbons (Fsp3) is 0.364. The zero-order valence-corrected chi connectivity index (χ0v) is 11.0. The largest absolute Gasteiger partial charge is 0.491 e. The summed E-state index contributed by atoms with van der Waals surface area (Å²) in [5, 5.41) is 0. The topological polar surface area (TPSA) is 75.7 Å². The second kappa shape index (κ2) is 4.49. The number of benzene rings is 1. The summed E-state index contributed by atoms with van der Waals surface area (Å²) in [6, 6.07) is 4.83. The van der Waals surface area contributed by atoms with Crippen molar-refractivity contribution >= 4 is 27.3 Å². The van der Waals surface area contributed by atoms with Crippen LogP contribution in [0.25, 0.3) is 0 Å². The van der Waals surface area contributed by atoms with Crippen LogP contribution in [0, 0.1) is 0 Å². The Bertz CT molecular complexity index is 583. The van der Waals surface area contributed by atoms with E-state index in [9.17, 15) is 13.2 Å². The molecule has 0 atom stereocenters. The SMILES string of the molecule is CN1C(=O)CCOc2ccc(NS(C)(=O)=O)cc21. The molecule has 1 amide bonds. The van der Waals surface area contributed by atoms with Crippen LogP contribution in [0.5, 0.6) is 5.75 Å². The lowest BCUT2D eigenvalue weighted by Gasteiger charge is -2.17. The fourth-order valence-corrected chi connectivity index (χ4v) is 2.28. The Hall–Kier alpha value is -1.76. The highest BCUT2D eigenvalue weighted by molar-refractivity contribution is 7.92. The molecule has 98 valence electrons. The molecule has 0 fully saturated rings. The summed E-state index contributed by atoms with van der Waals surface area (Å²) in [7, 11) is -1.70. The first-order chi connectivity index (χ1) is 8.37. The van der Waals surface area contributed by atoms with Crippen LogP contribution in [0.3, 0.4) is 0 Å². The number of rotatable bonds is 2. The number of anilines is 2. The second-order valence-corrected chi connectivity index (χ2v) is 5.86. The van der Waals surface area contributed by atoms with Gasteiger partial charge in [0.1, 0.15) is 5.75 Å². The average Bonchev–Trinajstić information content (AvgIpc) is 2.39. The zero-order valence-electron chi connectivity index (χ0n) is 10.1. The van der Waals surface area contributed by atoms with E-state index < -0.39 is 10.0 Å². The minimum atomic E-state index is -3.34.